The van der Waals surface area contributed by atoms with Gasteiger partial charge in [0.1, 0.15) is 11.4 Å². The van der Waals surface area contributed by atoms with Crippen molar-refractivity contribution in [3.8, 4) is 11.3 Å². The van der Waals surface area contributed by atoms with Crippen LogP contribution in [0, 0.1) is 5.82 Å². The number of hydrogen-bond acceptors (Lipinski definition) is 4. The summed E-state index contributed by atoms with van der Waals surface area (Å²) in [6.45, 7) is 1.85. The average molecular weight is 376 g/mol. The van der Waals surface area contributed by atoms with Crippen LogP contribution in [-0.4, -0.2) is 31.1 Å². The minimum absolute atomic E-state index is 0.142. The van der Waals surface area contributed by atoms with Gasteiger partial charge in [-0.05, 0) is 36.3 Å². The van der Waals surface area contributed by atoms with E-state index in [1.165, 1.54) is 24.3 Å². The zero-order valence-corrected chi connectivity index (χ0v) is 14.8. The summed E-state index contributed by atoms with van der Waals surface area (Å²) >= 11 is 0. The molecule has 0 saturated heterocycles. The molecule has 2 heterocycles. The van der Waals surface area contributed by atoms with Crippen LogP contribution < -0.4 is 10.9 Å². The van der Waals surface area contributed by atoms with E-state index < -0.39 is 27.3 Å². The summed E-state index contributed by atoms with van der Waals surface area (Å²) in [4.78, 5) is 27.0. The second-order valence-electron chi connectivity index (χ2n) is 6.01. The quantitative estimate of drug-likeness (QED) is 0.850. The molecule has 0 aliphatic carbocycles. The summed E-state index contributed by atoms with van der Waals surface area (Å²) < 4.78 is 36.7. The Morgan fingerprint density at radius 2 is 2.08 bits per heavy atom. The van der Waals surface area contributed by atoms with E-state index in [1.807, 2.05) is 6.92 Å². The van der Waals surface area contributed by atoms with Gasteiger partial charge in [0.05, 0.1) is 11.8 Å². The van der Waals surface area contributed by atoms with Crippen LogP contribution in [0.4, 0.5) is 4.39 Å². The molecule has 0 bridgehead atoms. The number of nitrogens with one attached hydrogen (secondary N) is 2. The van der Waals surface area contributed by atoms with Crippen LogP contribution in [0.2, 0.25) is 0 Å². The zero-order chi connectivity index (χ0) is 18.9. The van der Waals surface area contributed by atoms with Crippen LogP contribution >= 0.6 is 0 Å². The summed E-state index contributed by atoms with van der Waals surface area (Å²) in [7, 11) is -3.30. The molecule has 1 atom stereocenters. The van der Waals surface area contributed by atoms with E-state index >= 15 is 0 Å². The number of aryl methyl sites for hydroxylation is 1. The Balaban J connectivity index is 1.81. The number of sulfone groups is 1. The van der Waals surface area contributed by atoms with E-state index in [-0.39, 0.29) is 17.1 Å². The molecule has 1 aromatic carbocycles. The standard InChI is InChI=1S/C18H17FN2O4S/c1-2-11-3-4-12(9-15(11)19)16-6-5-14(18(23)21-16)17(22)20-13-7-8-26(24,25)10-13/h3-9,13H,2,10H2,1H3,(H,20,22)(H,21,23)/t13-/m1/s1. The molecule has 6 nitrogen and oxygen atoms in total. The average Bonchev–Trinajstić information content (AvgIpc) is 2.93. The summed E-state index contributed by atoms with van der Waals surface area (Å²) in [5.74, 6) is -1.25. The number of aromatic amines is 1. The lowest BCUT2D eigenvalue weighted by Crippen LogP contribution is -2.38. The van der Waals surface area contributed by atoms with Crippen molar-refractivity contribution in [3.05, 3.63) is 69.1 Å². The predicted molar refractivity (Wildman–Crippen MR) is 96.0 cm³/mol. The van der Waals surface area contributed by atoms with E-state index in [0.29, 0.717) is 23.2 Å². The van der Waals surface area contributed by atoms with Crippen molar-refractivity contribution in [1.82, 2.24) is 10.3 Å². The van der Waals surface area contributed by atoms with Gasteiger partial charge in [0.15, 0.2) is 9.84 Å². The van der Waals surface area contributed by atoms with Crippen LogP contribution in [0.3, 0.4) is 0 Å². The maximum absolute atomic E-state index is 13.9. The highest BCUT2D eigenvalue weighted by molar-refractivity contribution is 7.94. The highest BCUT2D eigenvalue weighted by atomic mass is 32.2. The van der Waals surface area contributed by atoms with Crippen molar-refractivity contribution in [2.24, 2.45) is 0 Å². The van der Waals surface area contributed by atoms with Crippen LogP contribution in [0.1, 0.15) is 22.8 Å². The van der Waals surface area contributed by atoms with Gasteiger partial charge in [0, 0.05) is 16.7 Å². The predicted octanol–water partition coefficient (Wildman–Crippen LogP) is 1.78. The van der Waals surface area contributed by atoms with Gasteiger partial charge in [-0.15, -0.1) is 0 Å². The zero-order valence-electron chi connectivity index (χ0n) is 14.0. The number of carbonyl (C=O) groups is 1. The number of halogens is 1. The second-order valence-corrected chi connectivity index (χ2v) is 7.94. The number of rotatable bonds is 4. The Bertz CT molecular complexity index is 1060. The first-order chi connectivity index (χ1) is 12.3. The molecule has 26 heavy (non-hydrogen) atoms. The van der Waals surface area contributed by atoms with Crippen molar-refractivity contribution in [2.75, 3.05) is 5.75 Å². The van der Waals surface area contributed by atoms with E-state index in [9.17, 15) is 22.4 Å². The topological polar surface area (TPSA) is 96.1 Å². The Morgan fingerprint density at radius 3 is 2.65 bits per heavy atom. The van der Waals surface area contributed by atoms with Crippen LogP contribution in [0.25, 0.3) is 11.3 Å². The summed E-state index contributed by atoms with van der Waals surface area (Å²) in [5.41, 5.74) is 0.679. The number of pyridine rings is 1. The first-order valence-electron chi connectivity index (χ1n) is 8.03. The molecule has 3 rings (SSSR count). The van der Waals surface area contributed by atoms with Crippen molar-refractivity contribution in [2.45, 2.75) is 19.4 Å². The lowest BCUT2D eigenvalue weighted by Gasteiger charge is -2.10. The first kappa shape index (κ1) is 18.1. The Kier molecular flexibility index (Phi) is 4.78. The van der Waals surface area contributed by atoms with Crippen molar-refractivity contribution in [3.63, 3.8) is 0 Å². The van der Waals surface area contributed by atoms with Gasteiger partial charge in [0.25, 0.3) is 11.5 Å². The number of aromatic nitrogens is 1. The van der Waals surface area contributed by atoms with Gasteiger partial charge in [-0.25, -0.2) is 12.8 Å². The highest BCUT2D eigenvalue weighted by Gasteiger charge is 2.24. The Labute approximate surface area is 149 Å². The number of hydrogen-bond donors (Lipinski definition) is 2. The molecule has 8 heteroatoms. The number of H-pyrrole nitrogens is 1. The molecule has 0 spiro atoms. The fourth-order valence-electron chi connectivity index (χ4n) is 2.73. The van der Waals surface area contributed by atoms with Gasteiger partial charge in [-0.2, -0.15) is 0 Å². The Morgan fingerprint density at radius 1 is 1.31 bits per heavy atom. The van der Waals surface area contributed by atoms with Crippen molar-refractivity contribution >= 4 is 15.7 Å². The number of carbonyl (C=O) groups excluding carboxylic acids is 1. The normalized spacial score (nSPS) is 18.0. The molecule has 1 aromatic heterocycles. The fourth-order valence-corrected chi connectivity index (χ4v) is 3.97. The maximum atomic E-state index is 13.9. The number of benzene rings is 1. The molecule has 0 fully saturated rings. The molecular formula is C18H17FN2O4S. The monoisotopic (exact) mass is 376 g/mol. The summed E-state index contributed by atoms with van der Waals surface area (Å²) in [6.07, 6.45) is 1.93. The number of amides is 1. The Hall–Kier alpha value is -2.74. The van der Waals surface area contributed by atoms with Gasteiger partial charge in [0.2, 0.25) is 0 Å². The molecule has 2 N–H and O–H groups in total. The summed E-state index contributed by atoms with van der Waals surface area (Å²) in [5, 5.41) is 3.53. The minimum atomic E-state index is -3.30. The molecule has 1 aliphatic heterocycles. The third kappa shape index (κ3) is 3.75. The van der Waals surface area contributed by atoms with Crippen molar-refractivity contribution in [1.29, 1.82) is 0 Å². The van der Waals surface area contributed by atoms with Gasteiger partial charge >= 0.3 is 0 Å². The lowest BCUT2D eigenvalue weighted by atomic mass is 10.1. The van der Waals surface area contributed by atoms with Crippen LogP contribution in [0.15, 0.2) is 46.6 Å². The lowest BCUT2D eigenvalue weighted by molar-refractivity contribution is 0.0946. The summed E-state index contributed by atoms with van der Waals surface area (Å²) in [6, 6.07) is 6.86. The van der Waals surface area contributed by atoms with E-state index in [4.69, 9.17) is 0 Å². The van der Waals surface area contributed by atoms with E-state index in [0.717, 1.165) is 5.41 Å². The molecular weight excluding hydrogens is 359 g/mol. The van der Waals surface area contributed by atoms with Crippen molar-refractivity contribution < 1.29 is 17.6 Å². The van der Waals surface area contributed by atoms with Gasteiger partial charge in [-0.3, -0.25) is 9.59 Å². The first-order valence-corrected chi connectivity index (χ1v) is 9.74. The molecule has 0 radical (unpaired) electrons. The molecule has 1 amide bonds. The maximum Gasteiger partial charge on any atom is 0.261 e. The van der Waals surface area contributed by atoms with Crippen LogP contribution in [-0.2, 0) is 16.3 Å². The third-order valence-electron chi connectivity index (χ3n) is 4.15. The second kappa shape index (κ2) is 6.87. The van der Waals surface area contributed by atoms with E-state index in [1.54, 1.807) is 12.1 Å². The molecule has 0 saturated carbocycles. The molecule has 0 unspecified atom stereocenters. The van der Waals surface area contributed by atoms with Crippen LogP contribution in [0.5, 0.6) is 0 Å². The minimum Gasteiger partial charge on any atom is -0.345 e. The smallest absolute Gasteiger partial charge is 0.261 e. The molecule has 1 aliphatic rings. The van der Waals surface area contributed by atoms with Gasteiger partial charge in [-0.1, -0.05) is 19.1 Å². The third-order valence-corrected chi connectivity index (χ3v) is 5.54. The highest BCUT2D eigenvalue weighted by Crippen LogP contribution is 2.20. The van der Waals surface area contributed by atoms with E-state index in [2.05, 4.69) is 10.3 Å². The van der Waals surface area contributed by atoms with Gasteiger partial charge < -0.3 is 10.3 Å². The molecule has 2 aromatic rings. The SMILES string of the molecule is CCc1ccc(-c2ccc(C(=O)N[C@@H]3C=CS(=O)(=O)C3)c(=O)[nH]2)cc1F. The largest absolute Gasteiger partial charge is 0.345 e. The molecule has 136 valence electrons. The fraction of sp³-hybridized carbons (Fsp3) is 0.222.